The van der Waals surface area contributed by atoms with E-state index in [4.69, 9.17) is 21.1 Å². The molecular formula is C21H24ClF3N4O4. The third-order valence-electron chi connectivity index (χ3n) is 5.87. The fourth-order valence-electron chi connectivity index (χ4n) is 4.21. The summed E-state index contributed by atoms with van der Waals surface area (Å²) in [5, 5.41) is 11.3. The zero-order valence-corrected chi connectivity index (χ0v) is 18.6. The number of ether oxygens (including phenoxy) is 2. The fraction of sp³-hybridized carbons (Fsp3) is 0.524. The van der Waals surface area contributed by atoms with Gasteiger partial charge in [-0.2, -0.15) is 18.2 Å². The van der Waals surface area contributed by atoms with Crippen LogP contribution in [0.25, 0.3) is 0 Å². The molecule has 8 nitrogen and oxygen atoms in total. The number of benzene rings is 1. The summed E-state index contributed by atoms with van der Waals surface area (Å²) in [6, 6.07) is 3.93. The number of aromatic nitrogens is 2. The number of nitrogens with zero attached hydrogens (tertiary/aromatic N) is 4. The van der Waals surface area contributed by atoms with Crippen LogP contribution in [0.5, 0.6) is 5.75 Å². The Balaban J connectivity index is 1.74. The highest BCUT2D eigenvalue weighted by atomic mass is 35.5. The average molecular weight is 489 g/mol. The smallest absolute Gasteiger partial charge is 0.408 e. The zero-order chi connectivity index (χ0) is 23.8. The molecule has 4 rings (SSSR count). The number of fused-ring (bicyclic) bond motifs is 1. The number of aliphatic hydroxyl groups is 1. The molecule has 0 amide bonds. The number of anilines is 2. The molecule has 2 unspecified atom stereocenters. The van der Waals surface area contributed by atoms with Crippen LogP contribution in [0.3, 0.4) is 0 Å². The minimum atomic E-state index is -4.58. The van der Waals surface area contributed by atoms with E-state index in [1.54, 1.807) is 4.90 Å². The van der Waals surface area contributed by atoms with Crippen LogP contribution in [0.1, 0.15) is 18.1 Å². The summed E-state index contributed by atoms with van der Waals surface area (Å²) in [6.07, 6.45) is -6.26. The second-order valence-corrected chi connectivity index (χ2v) is 8.34. The molecule has 2 aliphatic rings. The molecule has 1 aromatic heterocycles. The monoisotopic (exact) mass is 488 g/mol. The molecule has 0 spiro atoms. The van der Waals surface area contributed by atoms with Gasteiger partial charge in [0.2, 0.25) is 5.95 Å². The van der Waals surface area contributed by atoms with Crippen LogP contribution in [-0.4, -0.2) is 66.8 Å². The van der Waals surface area contributed by atoms with Gasteiger partial charge in [0, 0.05) is 36.3 Å². The van der Waals surface area contributed by atoms with E-state index in [2.05, 4.69) is 4.98 Å². The highest BCUT2D eigenvalue weighted by Crippen LogP contribution is 2.37. The molecule has 1 N–H and O–H groups in total. The summed E-state index contributed by atoms with van der Waals surface area (Å²) in [5.74, 6) is 0.425. The lowest BCUT2D eigenvalue weighted by atomic mass is 10.0. The van der Waals surface area contributed by atoms with Crippen LogP contribution >= 0.6 is 11.6 Å². The largest absolute Gasteiger partial charge is 0.496 e. The Morgan fingerprint density at radius 3 is 2.67 bits per heavy atom. The first-order valence-corrected chi connectivity index (χ1v) is 10.9. The van der Waals surface area contributed by atoms with Gasteiger partial charge in [0.05, 0.1) is 26.9 Å². The molecule has 0 saturated carbocycles. The molecule has 1 saturated heterocycles. The van der Waals surface area contributed by atoms with Gasteiger partial charge in [-0.05, 0) is 18.6 Å². The number of methoxy groups -OCH3 is 1. The molecule has 2 aromatic rings. The Morgan fingerprint density at radius 1 is 1.27 bits per heavy atom. The fourth-order valence-corrected chi connectivity index (χ4v) is 4.37. The van der Waals surface area contributed by atoms with Crippen LogP contribution in [0.2, 0.25) is 5.02 Å². The summed E-state index contributed by atoms with van der Waals surface area (Å²) in [6.45, 7) is 1.26. The highest BCUT2D eigenvalue weighted by molar-refractivity contribution is 6.30. The van der Waals surface area contributed by atoms with E-state index in [1.165, 1.54) is 35.9 Å². The van der Waals surface area contributed by atoms with Crippen molar-refractivity contribution in [2.45, 2.75) is 31.3 Å². The lowest BCUT2D eigenvalue weighted by Crippen LogP contribution is -2.54. The summed E-state index contributed by atoms with van der Waals surface area (Å²) < 4.78 is 53.7. The predicted octanol–water partition coefficient (Wildman–Crippen LogP) is 2.62. The molecule has 1 fully saturated rings. The van der Waals surface area contributed by atoms with E-state index in [1.807, 2.05) is 0 Å². The van der Waals surface area contributed by atoms with Crippen molar-refractivity contribution in [1.82, 2.24) is 9.55 Å². The highest BCUT2D eigenvalue weighted by Gasteiger charge is 2.47. The summed E-state index contributed by atoms with van der Waals surface area (Å²) in [7, 11) is 1.38. The molecule has 180 valence electrons. The molecular weight excluding hydrogens is 465 g/mol. The minimum absolute atomic E-state index is 0.119. The second kappa shape index (κ2) is 9.40. The van der Waals surface area contributed by atoms with E-state index in [-0.39, 0.29) is 30.2 Å². The number of aliphatic hydroxyl groups excluding tert-OH is 1. The first-order chi connectivity index (χ1) is 15.7. The number of alkyl halides is 3. The van der Waals surface area contributed by atoms with Crippen molar-refractivity contribution in [2.75, 3.05) is 49.8 Å². The lowest BCUT2D eigenvalue weighted by Gasteiger charge is -2.40. The van der Waals surface area contributed by atoms with Gasteiger partial charge in [0.25, 0.3) is 5.56 Å². The molecule has 1 aromatic carbocycles. The van der Waals surface area contributed by atoms with Crippen molar-refractivity contribution in [2.24, 2.45) is 0 Å². The van der Waals surface area contributed by atoms with Gasteiger partial charge in [-0.15, -0.1) is 0 Å². The van der Waals surface area contributed by atoms with E-state index in [0.29, 0.717) is 37.1 Å². The molecule has 3 heterocycles. The maximum absolute atomic E-state index is 14.0. The van der Waals surface area contributed by atoms with Gasteiger partial charge >= 0.3 is 6.18 Å². The van der Waals surface area contributed by atoms with Crippen molar-refractivity contribution in [3.8, 4) is 5.75 Å². The number of hydrogen-bond acceptors (Lipinski definition) is 7. The van der Waals surface area contributed by atoms with E-state index in [9.17, 15) is 23.1 Å². The van der Waals surface area contributed by atoms with Gasteiger partial charge in [-0.25, -0.2) is 0 Å². The molecule has 12 heteroatoms. The normalized spacial score (nSPS) is 19.9. The minimum Gasteiger partial charge on any atom is -0.496 e. The van der Waals surface area contributed by atoms with E-state index in [0.717, 1.165) is 4.90 Å². The average Bonchev–Trinajstić information content (AvgIpc) is 2.79. The summed E-state index contributed by atoms with van der Waals surface area (Å²) in [5.41, 5.74) is -0.155. The Kier molecular flexibility index (Phi) is 6.73. The van der Waals surface area contributed by atoms with E-state index >= 15 is 0 Å². The van der Waals surface area contributed by atoms with Crippen LogP contribution in [0.15, 0.2) is 29.1 Å². The maximum atomic E-state index is 14.0. The first-order valence-electron chi connectivity index (χ1n) is 10.5. The topological polar surface area (TPSA) is 80.1 Å². The van der Waals surface area contributed by atoms with Gasteiger partial charge in [0.15, 0.2) is 0 Å². The van der Waals surface area contributed by atoms with Crippen LogP contribution < -0.4 is 20.1 Å². The van der Waals surface area contributed by atoms with Crippen molar-refractivity contribution in [3.63, 3.8) is 0 Å². The third kappa shape index (κ3) is 4.90. The van der Waals surface area contributed by atoms with Crippen LogP contribution in [-0.2, 0) is 11.3 Å². The van der Waals surface area contributed by atoms with Crippen molar-refractivity contribution < 1.29 is 27.8 Å². The van der Waals surface area contributed by atoms with Crippen molar-refractivity contribution in [1.29, 1.82) is 0 Å². The number of β-amino-alcohol motifs (C(OH)–C–C–N with tert-alkyl or cyclic N) is 1. The van der Waals surface area contributed by atoms with Crippen LogP contribution in [0.4, 0.5) is 24.9 Å². The number of morpholine rings is 1. The molecule has 33 heavy (non-hydrogen) atoms. The first kappa shape index (κ1) is 23.7. The van der Waals surface area contributed by atoms with Gasteiger partial charge in [-0.1, -0.05) is 17.7 Å². The van der Waals surface area contributed by atoms with E-state index < -0.39 is 30.4 Å². The van der Waals surface area contributed by atoms with Gasteiger partial charge in [-0.3, -0.25) is 9.36 Å². The number of rotatable bonds is 5. The quantitative estimate of drug-likeness (QED) is 0.693. The Labute approximate surface area is 193 Å². The Morgan fingerprint density at radius 2 is 2.00 bits per heavy atom. The number of halogens is 4. The molecule has 0 aliphatic carbocycles. The van der Waals surface area contributed by atoms with Gasteiger partial charge in [0.1, 0.15) is 23.7 Å². The SMILES string of the molecule is COc1cc(Cl)ccc1C(O)CN1c2nc(N3CCOCC3)cc(=O)n2CCC1C(F)(F)F. The molecule has 2 atom stereocenters. The zero-order valence-electron chi connectivity index (χ0n) is 17.9. The standard InChI is InChI=1S/C21H24ClF3N4O4/c1-32-16-10-13(22)2-3-14(16)15(30)12-29-17(21(23,24)25)4-5-28-19(31)11-18(26-20(28)29)27-6-8-33-9-7-27/h2-3,10-11,15,17,30H,4-9,12H2,1H3. The maximum Gasteiger partial charge on any atom is 0.408 e. The Hall–Kier alpha value is -2.50. The van der Waals surface area contributed by atoms with Crippen LogP contribution in [0, 0.1) is 0 Å². The molecule has 0 radical (unpaired) electrons. The van der Waals surface area contributed by atoms with Crippen molar-refractivity contribution >= 4 is 23.4 Å². The number of hydrogen-bond donors (Lipinski definition) is 1. The van der Waals surface area contributed by atoms with Gasteiger partial charge < -0.3 is 24.4 Å². The summed E-state index contributed by atoms with van der Waals surface area (Å²) in [4.78, 5) is 20.0. The molecule has 0 bridgehead atoms. The second-order valence-electron chi connectivity index (χ2n) is 7.90. The lowest BCUT2D eigenvalue weighted by molar-refractivity contribution is -0.153. The predicted molar refractivity (Wildman–Crippen MR) is 116 cm³/mol. The molecule has 2 aliphatic heterocycles. The third-order valence-corrected chi connectivity index (χ3v) is 6.11. The summed E-state index contributed by atoms with van der Waals surface area (Å²) >= 11 is 5.97. The van der Waals surface area contributed by atoms with Crippen molar-refractivity contribution in [3.05, 3.63) is 45.2 Å². The Bertz CT molecular complexity index is 1060.